The van der Waals surface area contributed by atoms with Crippen LogP contribution in [0.5, 0.6) is 0 Å². The van der Waals surface area contributed by atoms with Crippen molar-refractivity contribution in [1.29, 1.82) is 0 Å². The fourth-order valence-electron chi connectivity index (χ4n) is 2.77. The van der Waals surface area contributed by atoms with Gasteiger partial charge < -0.3 is 9.44 Å². The van der Waals surface area contributed by atoms with Crippen molar-refractivity contribution >= 4 is 68.9 Å². The summed E-state index contributed by atoms with van der Waals surface area (Å²) < 4.78 is 15.9. The van der Waals surface area contributed by atoms with E-state index in [0.717, 1.165) is 53.3 Å². The van der Waals surface area contributed by atoms with Crippen LogP contribution in [-0.4, -0.2) is 18.7 Å². The third-order valence-electron chi connectivity index (χ3n) is 3.75. The normalized spacial score (nSPS) is 13.1. The van der Waals surface area contributed by atoms with Crippen LogP contribution in [0.1, 0.15) is 10.0 Å². The Balaban J connectivity index is 1.89. The summed E-state index contributed by atoms with van der Waals surface area (Å²) in [5, 5.41) is 2.08. The van der Waals surface area contributed by atoms with Gasteiger partial charge in [0.25, 0.3) is 0 Å². The summed E-state index contributed by atoms with van der Waals surface area (Å²) in [5.41, 5.74) is 6.07. The molecule has 0 saturated heterocycles. The van der Waals surface area contributed by atoms with Crippen molar-refractivity contribution in [3.05, 3.63) is 22.4 Å². The first-order valence-corrected chi connectivity index (χ1v) is 10.3. The van der Waals surface area contributed by atoms with Gasteiger partial charge in [0, 0.05) is 23.5 Å². The summed E-state index contributed by atoms with van der Waals surface area (Å²) in [6, 6.07) is 0. The fraction of sp³-hybridized carbons (Fsp3) is 0.143. The van der Waals surface area contributed by atoms with Crippen molar-refractivity contribution in [2.45, 2.75) is 13.8 Å². The summed E-state index contributed by atoms with van der Waals surface area (Å²) in [6.45, 7) is 4.03. The van der Waals surface area contributed by atoms with E-state index in [1.807, 2.05) is 26.2 Å². The molecule has 10 heteroatoms. The van der Waals surface area contributed by atoms with E-state index in [2.05, 4.69) is 28.2 Å². The first-order chi connectivity index (χ1) is 11.7. The molecule has 4 heterocycles. The Hall–Kier alpha value is -1.75. The van der Waals surface area contributed by atoms with Crippen LogP contribution in [0.3, 0.4) is 0 Å². The molecule has 0 atom stereocenters. The van der Waals surface area contributed by atoms with E-state index in [1.165, 1.54) is 23.9 Å². The topological polar surface area (TPSA) is 75.6 Å². The van der Waals surface area contributed by atoms with Gasteiger partial charge in [-0.2, -0.15) is 8.75 Å². The maximum atomic E-state index is 4.59. The van der Waals surface area contributed by atoms with Gasteiger partial charge >= 0.3 is 0 Å². The number of hydrogen-bond donors (Lipinski definition) is 2. The number of thiazole rings is 2. The third kappa shape index (κ3) is 2.07. The maximum absolute atomic E-state index is 4.59. The average molecular weight is 391 g/mol. The molecule has 0 aliphatic carbocycles. The molecule has 120 valence electrons. The van der Waals surface area contributed by atoms with Crippen LogP contribution < -0.4 is 9.44 Å². The molecule has 0 spiro atoms. The van der Waals surface area contributed by atoms with Gasteiger partial charge in [0.1, 0.15) is 11.0 Å². The van der Waals surface area contributed by atoms with Gasteiger partial charge in [-0.3, -0.25) is 0 Å². The second-order valence-corrected chi connectivity index (χ2v) is 8.87. The highest BCUT2D eigenvalue weighted by molar-refractivity contribution is 8.02. The molecule has 2 N–H and O–H groups in total. The number of fused-ring (bicyclic) bond motifs is 2. The Morgan fingerprint density at radius 2 is 1.29 bits per heavy atom. The van der Waals surface area contributed by atoms with Crippen LogP contribution in [0.4, 0.5) is 11.4 Å². The Morgan fingerprint density at radius 3 is 1.71 bits per heavy atom. The Labute approximate surface area is 154 Å². The molecule has 6 nitrogen and oxygen atoms in total. The predicted octanol–water partition coefficient (Wildman–Crippen LogP) is 4.96. The lowest BCUT2D eigenvalue weighted by Crippen LogP contribution is -1.90. The summed E-state index contributed by atoms with van der Waals surface area (Å²) in [4.78, 5) is 11.0. The zero-order chi connectivity index (χ0) is 16.3. The maximum Gasteiger partial charge on any atom is 0.116 e. The van der Waals surface area contributed by atoms with Gasteiger partial charge in [0.2, 0.25) is 0 Å². The first-order valence-electron chi connectivity index (χ1n) is 7.08. The van der Waals surface area contributed by atoms with Crippen LogP contribution in [0, 0.1) is 13.8 Å². The van der Waals surface area contributed by atoms with Gasteiger partial charge in [0.05, 0.1) is 55.0 Å². The van der Waals surface area contributed by atoms with Crippen molar-refractivity contribution in [2.24, 2.45) is 0 Å². The lowest BCUT2D eigenvalue weighted by atomic mass is 10.0. The van der Waals surface area contributed by atoms with E-state index in [0.29, 0.717) is 0 Å². The molecular formula is C14H10N6S4. The molecule has 4 aromatic rings. The summed E-state index contributed by atoms with van der Waals surface area (Å²) in [5.74, 6) is 0. The minimum atomic E-state index is 0.917. The fourth-order valence-corrected chi connectivity index (χ4v) is 5.65. The van der Waals surface area contributed by atoms with Crippen molar-refractivity contribution in [2.75, 3.05) is 9.44 Å². The third-order valence-corrected chi connectivity index (χ3v) is 6.76. The molecule has 0 radical (unpaired) electrons. The Morgan fingerprint density at radius 1 is 0.792 bits per heavy atom. The lowest BCUT2D eigenvalue weighted by molar-refractivity contribution is 1.30. The first kappa shape index (κ1) is 14.6. The monoisotopic (exact) mass is 390 g/mol. The van der Waals surface area contributed by atoms with E-state index in [1.54, 1.807) is 22.7 Å². The van der Waals surface area contributed by atoms with Gasteiger partial charge in [-0.25, -0.2) is 9.97 Å². The van der Waals surface area contributed by atoms with Gasteiger partial charge in [-0.15, -0.1) is 22.7 Å². The number of anilines is 2. The van der Waals surface area contributed by atoms with E-state index in [-0.39, 0.29) is 0 Å². The van der Waals surface area contributed by atoms with Gasteiger partial charge in [0.15, 0.2) is 0 Å². The molecule has 0 saturated carbocycles. The Kier molecular flexibility index (Phi) is 3.27. The summed E-state index contributed by atoms with van der Waals surface area (Å²) in [6.07, 6.45) is 3.82. The van der Waals surface area contributed by atoms with Crippen molar-refractivity contribution in [3.8, 4) is 20.9 Å². The van der Waals surface area contributed by atoms with Gasteiger partial charge in [-0.05, 0) is 13.8 Å². The molecule has 0 amide bonds. The van der Waals surface area contributed by atoms with Crippen LogP contribution in [0.2, 0.25) is 0 Å². The smallest absolute Gasteiger partial charge is 0.116 e. The Bertz CT molecular complexity index is 996. The minimum Gasteiger partial charge on any atom is -0.309 e. The highest BCUT2D eigenvalue weighted by atomic mass is 32.2. The molecule has 1 aliphatic heterocycles. The van der Waals surface area contributed by atoms with Crippen molar-refractivity contribution in [3.63, 3.8) is 0 Å². The molecule has 0 bridgehead atoms. The quantitative estimate of drug-likeness (QED) is 0.469. The molecule has 24 heavy (non-hydrogen) atoms. The number of hydrogen-bond acceptors (Lipinski definition) is 10. The van der Waals surface area contributed by atoms with E-state index < -0.39 is 0 Å². The van der Waals surface area contributed by atoms with Crippen LogP contribution in [0.25, 0.3) is 31.9 Å². The van der Waals surface area contributed by atoms with E-state index in [4.69, 9.17) is 0 Å². The minimum absolute atomic E-state index is 0.917. The van der Waals surface area contributed by atoms with Crippen molar-refractivity contribution in [1.82, 2.24) is 18.7 Å². The van der Waals surface area contributed by atoms with E-state index in [9.17, 15) is 0 Å². The highest BCUT2D eigenvalue weighted by Gasteiger charge is 2.29. The zero-order valence-corrected chi connectivity index (χ0v) is 15.8. The number of aryl methyl sites for hydroxylation is 2. The SMILES string of the molecule is Cc1ncc(-c2c3c(c(-c4cnc(C)s4)c4nsnc24)NSN3)s1. The van der Waals surface area contributed by atoms with Crippen LogP contribution in [-0.2, 0) is 0 Å². The number of nitrogens with one attached hydrogen (secondary N) is 2. The summed E-state index contributed by atoms with van der Waals surface area (Å²) in [7, 11) is 0. The second-order valence-electron chi connectivity index (χ2n) is 5.25. The van der Waals surface area contributed by atoms with E-state index >= 15 is 0 Å². The highest BCUT2D eigenvalue weighted by Crippen LogP contribution is 2.52. The number of benzene rings is 1. The predicted molar refractivity (Wildman–Crippen MR) is 104 cm³/mol. The molecule has 0 unspecified atom stereocenters. The average Bonchev–Trinajstić information content (AvgIpc) is 3.31. The van der Waals surface area contributed by atoms with Crippen LogP contribution in [0.15, 0.2) is 12.4 Å². The second kappa shape index (κ2) is 5.38. The molecule has 5 rings (SSSR count). The molecule has 0 fully saturated rings. The standard InChI is InChI=1S/C14H10N6S4/c1-5-15-3-7(21-5)9-11-13(19-23-17-11)10(8-4-16-6(2)22-8)14-12(9)18-24-20-14/h3-4,17,19H,1-2H3. The summed E-state index contributed by atoms with van der Waals surface area (Å²) >= 11 is 6.05. The molecular weight excluding hydrogens is 380 g/mol. The van der Waals surface area contributed by atoms with Crippen molar-refractivity contribution < 1.29 is 0 Å². The largest absolute Gasteiger partial charge is 0.309 e. The molecule has 1 aliphatic rings. The molecule has 3 aromatic heterocycles. The number of rotatable bonds is 2. The number of nitrogens with zero attached hydrogens (tertiary/aromatic N) is 4. The number of aromatic nitrogens is 4. The zero-order valence-electron chi connectivity index (χ0n) is 12.6. The van der Waals surface area contributed by atoms with Crippen LogP contribution >= 0.6 is 46.5 Å². The van der Waals surface area contributed by atoms with Gasteiger partial charge in [-0.1, -0.05) is 0 Å². The lowest BCUT2D eigenvalue weighted by Gasteiger charge is -2.10. The molecule has 1 aromatic carbocycles.